The molecule has 2 rings (SSSR count). The molecule has 1 aliphatic rings. The monoisotopic (exact) mass is 204 g/mol. The van der Waals surface area contributed by atoms with Gasteiger partial charge in [-0.25, -0.2) is 5.32 Å². The van der Waals surface area contributed by atoms with Crippen LogP contribution in [-0.4, -0.2) is 19.1 Å². The van der Waals surface area contributed by atoms with Crippen molar-refractivity contribution in [1.82, 2.24) is 10.6 Å². The van der Waals surface area contributed by atoms with E-state index in [0.29, 0.717) is 12.6 Å². The highest BCUT2D eigenvalue weighted by Gasteiger charge is 2.13. The molecule has 0 amide bonds. The van der Waals surface area contributed by atoms with Gasteiger partial charge in [0, 0.05) is 32.2 Å². The maximum Gasteiger partial charge on any atom is 0.0288 e. The summed E-state index contributed by atoms with van der Waals surface area (Å²) in [6.45, 7) is 3.55. The van der Waals surface area contributed by atoms with Gasteiger partial charge in [-0.15, -0.1) is 0 Å². The van der Waals surface area contributed by atoms with Gasteiger partial charge in [0.1, 0.15) is 0 Å². The van der Waals surface area contributed by atoms with Gasteiger partial charge < -0.3 is 11.1 Å². The van der Waals surface area contributed by atoms with Crippen LogP contribution in [0.2, 0.25) is 0 Å². The van der Waals surface area contributed by atoms with Gasteiger partial charge in [0.15, 0.2) is 0 Å². The van der Waals surface area contributed by atoms with Crippen molar-refractivity contribution in [1.29, 1.82) is 0 Å². The third kappa shape index (κ3) is 3.02. The maximum atomic E-state index is 5.55. The van der Waals surface area contributed by atoms with Gasteiger partial charge in [0.25, 0.3) is 0 Å². The van der Waals surface area contributed by atoms with Crippen molar-refractivity contribution in [3.63, 3.8) is 0 Å². The van der Waals surface area contributed by atoms with Crippen LogP contribution in [0.3, 0.4) is 0 Å². The molecule has 1 saturated heterocycles. The van der Waals surface area contributed by atoms with Crippen molar-refractivity contribution in [2.24, 2.45) is 5.73 Å². The van der Waals surface area contributed by atoms with Crippen LogP contribution in [0.5, 0.6) is 0 Å². The van der Waals surface area contributed by atoms with Crippen LogP contribution in [-0.2, 0) is 13.1 Å². The van der Waals surface area contributed by atoms with Crippen LogP contribution >= 0.6 is 0 Å². The molecule has 0 aromatic heterocycles. The number of hydrogen-bond donors (Lipinski definition) is 2. The van der Waals surface area contributed by atoms with Gasteiger partial charge in [-0.3, -0.25) is 0 Å². The van der Waals surface area contributed by atoms with Gasteiger partial charge in [-0.2, -0.15) is 0 Å². The van der Waals surface area contributed by atoms with Crippen LogP contribution in [0.15, 0.2) is 24.3 Å². The Morgan fingerprint density at radius 1 is 1.27 bits per heavy atom. The summed E-state index contributed by atoms with van der Waals surface area (Å²) in [6, 6.07) is 9.05. The third-order valence-electron chi connectivity index (χ3n) is 2.84. The third-order valence-corrected chi connectivity index (χ3v) is 2.84. The summed E-state index contributed by atoms with van der Waals surface area (Å²) >= 11 is 0. The fourth-order valence-electron chi connectivity index (χ4n) is 1.81. The summed E-state index contributed by atoms with van der Waals surface area (Å²) in [5.74, 6) is 0. The quantitative estimate of drug-likeness (QED) is 0.755. The molecule has 1 atom stereocenters. The van der Waals surface area contributed by atoms with E-state index < -0.39 is 0 Å². The topological polar surface area (TPSA) is 52.1 Å². The summed E-state index contributed by atoms with van der Waals surface area (Å²) in [5.41, 5.74) is 8.05. The van der Waals surface area contributed by atoms with E-state index in [9.17, 15) is 0 Å². The lowest BCUT2D eigenvalue weighted by atomic mass is 10.1. The summed E-state index contributed by atoms with van der Waals surface area (Å²) in [4.78, 5) is 0. The van der Waals surface area contributed by atoms with Crippen LogP contribution in [0, 0.1) is 0 Å². The Labute approximate surface area is 91.1 Å². The molecule has 0 spiro atoms. The zero-order valence-corrected chi connectivity index (χ0v) is 8.95. The Morgan fingerprint density at radius 2 is 2.00 bits per heavy atom. The molecule has 1 unspecified atom stereocenters. The first kappa shape index (κ1) is 10.6. The summed E-state index contributed by atoms with van der Waals surface area (Å²) in [7, 11) is 0. The van der Waals surface area contributed by atoms with Gasteiger partial charge in [0.2, 0.25) is 0 Å². The molecular weight excluding hydrogens is 186 g/mol. The van der Waals surface area contributed by atoms with E-state index in [4.69, 9.17) is 5.73 Å². The average molecular weight is 204 g/mol. The van der Waals surface area contributed by atoms with E-state index in [0.717, 1.165) is 19.6 Å². The van der Waals surface area contributed by atoms with Crippen LogP contribution < -0.4 is 16.4 Å². The minimum Gasteiger partial charge on any atom is -0.326 e. The molecule has 81 valence electrons. The largest absolute Gasteiger partial charge is 0.326 e. The first-order valence-electron chi connectivity index (χ1n) is 5.53. The number of nitrogens with two attached hydrogens (primary N) is 1. The van der Waals surface area contributed by atoms with E-state index in [1.54, 1.807) is 0 Å². The highest BCUT2D eigenvalue weighted by molar-refractivity contribution is 5.22. The van der Waals surface area contributed by atoms with Gasteiger partial charge in [-0.1, -0.05) is 24.3 Å². The van der Waals surface area contributed by atoms with E-state index in [2.05, 4.69) is 34.9 Å². The highest BCUT2D eigenvalue weighted by Crippen LogP contribution is 2.05. The number of hydrogen-bond acceptors (Lipinski definition) is 2. The molecule has 0 aliphatic carbocycles. The van der Waals surface area contributed by atoms with Crippen LogP contribution in [0.1, 0.15) is 17.5 Å². The molecule has 1 heterocycles. The minimum absolute atomic E-state index is 0.583. The molecule has 1 fully saturated rings. The SMILES string of the molecule is NCc1ccc(CNC2CC[N]C2)cc1. The summed E-state index contributed by atoms with van der Waals surface area (Å²) in [6.07, 6.45) is 1.18. The smallest absolute Gasteiger partial charge is 0.0288 e. The molecule has 3 nitrogen and oxygen atoms in total. The number of nitrogens with one attached hydrogen (secondary N) is 1. The lowest BCUT2D eigenvalue weighted by Crippen LogP contribution is -2.29. The standard InChI is InChI=1S/C12H18N3/c13-7-10-1-3-11(4-2-10)8-15-12-5-6-14-9-12/h1-4,12,15H,5-9,13H2. The number of nitrogens with zero attached hydrogens (tertiary/aromatic N) is 1. The Kier molecular flexibility index (Phi) is 3.72. The zero-order chi connectivity index (χ0) is 10.5. The van der Waals surface area contributed by atoms with Gasteiger partial charge in [0.05, 0.1) is 0 Å². The van der Waals surface area contributed by atoms with E-state index in [1.165, 1.54) is 17.5 Å². The second kappa shape index (κ2) is 5.26. The van der Waals surface area contributed by atoms with Crippen molar-refractivity contribution in [2.75, 3.05) is 13.1 Å². The fraction of sp³-hybridized carbons (Fsp3) is 0.500. The molecule has 1 aromatic carbocycles. The van der Waals surface area contributed by atoms with Gasteiger partial charge in [-0.05, 0) is 17.5 Å². The lowest BCUT2D eigenvalue weighted by Gasteiger charge is -2.10. The Hall–Kier alpha value is -0.900. The van der Waals surface area contributed by atoms with E-state index in [1.807, 2.05) is 0 Å². The predicted octanol–water partition coefficient (Wildman–Crippen LogP) is 0.612. The minimum atomic E-state index is 0.583. The number of benzene rings is 1. The molecule has 3 heteroatoms. The van der Waals surface area contributed by atoms with Crippen LogP contribution in [0.4, 0.5) is 0 Å². The van der Waals surface area contributed by atoms with E-state index in [-0.39, 0.29) is 0 Å². The van der Waals surface area contributed by atoms with E-state index >= 15 is 0 Å². The second-order valence-electron chi connectivity index (χ2n) is 4.02. The van der Waals surface area contributed by atoms with Crippen molar-refractivity contribution in [3.05, 3.63) is 35.4 Å². The second-order valence-corrected chi connectivity index (χ2v) is 4.02. The Bertz CT molecular complexity index is 288. The molecular formula is C12H18N3. The van der Waals surface area contributed by atoms with Crippen LogP contribution in [0.25, 0.3) is 0 Å². The van der Waals surface area contributed by atoms with Gasteiger partial charge >= 0.3 is 0 Å². The van der Waals surface area contributed by atoms with Crippen molar-refractivity contribution >= 4 is 0 Å². The predicted molar refractivity (Wildman–Crippen MR) is 61.4 cm³/mol. The van der Waals surface area contributed by atoms with Crippen molar-refractivity contribution in [2.45, 2.75) is 25.6 Å². The molecule has 3 N–H and O–H groups in total. The molecule has 0 saturated carbocycles. The molecule has 1 aromatic rings. The average Bonchev–Trinajstić information content (AvgIpc) is 2.80. The van der Waals surface area contributed by atoms with Crippen molar-refractivity contribution < 1.29 is 0 Å². The Balaban J connectivity index is 1.82. The fourth-order valence-corrected chi connectivity index (χ4v) is 1.81. The molecule has 1 aliphatic heterocycles. The molecule has 0 bridgehead atoms. The first-order valence-corrected chi connectivity index (χ1v) is 5.53. The highest BCUT2D eigenvalue weighted by atomic mass is 15.0. The Morgan fingerprint density at radius 3 is 2.60 bits per heavy atom. The molecule has 1 radical (unpaired) electrons. The normalized spacial score (nSPS) is 20.7. The summed E-state index contributed by atoms with van der Waals surface area (Å²) in [5, 5.41) is 7.84. The lowest BCUT2D eigenvalue weighted by molar-refractivity contribution is 0.546. The number of rotatable bonds is 4. The molecule has 15 heavy (non-hydrogen) atoms. The zero-order valence-electron chi connectivity index (χ0n) is 8.95. The van der Waals surface area contributed by atoms with Crippen molar-refractivity contribution in [3.8, 4) is 0 Å². The first-order chi connectivity index (χ1) is 7.38. The maximum absolute atomic E-state index is 5.55. The summed E-state index contributed by atoms with van der Waals surface area (Å²) < 4.78 is 0.